The Morgan fingerprint density at radius 1 is 1.32 bits per heavy atom. The molecule has 3 atom stereocenters. The highest BCUT2D eigenvalue weighted by molar-refractivity contribution is 5.84. The minimum Gasteiger partial charge on any atom is -0.391 e. The van der Waals surface area contributed by atoms with Crippen molar-refractivity contribution in [2.75, 3.05) is 13.1 Å². The third-order valence-electron chi connectivity index (χ3n) is 5.04. The summed E-state index contributed by atoms with van der Waals surface area (Å²) in [6.07, 6.45) is 5.61. The summed E-state index contributed by atoms with van der Waals surface area (Å²) in [7, 11) is 0. The van der Waals surface area contributed by atoms with Crippen molar-refractivity contribution in [3.05, 3.63) is 0 Å². The molecule has 0 bridgehead atoms. The van der Waals surface area contributed by atoms with Crippen molar-refractivity contribution in [3.63, 3.8) is 0 Å². The summed E-state index contributed by atoms with van der Waals surface area (Å²) < 4.78 is 0. The van der Waals surface area contributed by atoms with E-state index in [9.17, 15) is 9.90 Å². The standard InChI is InChI=1S/C15H28N2O2/c1-11(2)15(8-9-16-10-15)14(19)17-12-6-4-3-5-7-13(12)18/h11-13,16,18H,3-10H2,1-2H3,(H,17,19). The van der Waals surface area contributed by atoms with Crippen LogP contribution in [-0.2, 0) is 4.79 Å². The first-order chi connectivity index (χ1) is 9.06. The summed E-state index contributed by atoms with van der Waals surface area (Å²) in [5.41, 5.74) is -0.286. The Morgan fingerprint density at radius 3 is 2.68 bits per heavy atom. The number of hydrogen-bond acceptors (Lipinski definition) is 3. The molecule has 4 nitrogen and oxygen atoms in total. The van der Waals surface area contributed by atoms with Gasteiger partial charge in [0.1, 0.15) is 0 Å². The molecule has 1 saturated carbocycles. The molecule has 110 valence electrons. The van der Waals surface area contributed by atoms with Crippen molar-refractivity contribution in [1.82, 2.24) is 10.6 Å². The Labute approximate surface area is 116 Å². The minimum absolute atomic E-state index is 0.0498. The van der Waals surface area contributed by atoms with Gasteiger partial charge in [0.15, 0.2) is 0 Å². The van der Waals surface area contributed by atoms with E-state index in [1.165, 1.54) is 6.42 Å². The van der Waals surface area contributed by atoms with Gasteiger partial charge in [0.25, 0.3) is 0 Å². The maximum absolute atomic E-state index is 12.7. The summed E-state index contributed by atoms with van der Waals surface area (Å²) >= 11 is 0. The highest BCUT2D eigenvalue weighted by Crippen LogP contribution is 2.34. The van der Waals surface area contributed by atoms with E-state index >= 15 is 0 Å². The van der Waals surface area contributed by atoms with Crippen LogP contribution >= 0.6 is 0 Å². The number of aliphatic hydroxyl groups is 1. The zero-order valence-electron chi connectivity index (χ0n) is 12.2. The molecule has 19 heavy (non-hydrogen) atoms. The van der Waals surface area contributed by atoms with Gasteiger partial charge in [0.2, 0.25) is 5.91 Å². The highest BCUT2D eigenvalue weighted by Gasteiger charge is 2.44. The molecule has 0 aromatic rings. The van der Waals surface area contributed by atoms with E-state index in [4.69, 9.17) is 0 Å². The van der Waals surface area contributed by atoms with Gasteiger partial charge >= 0.3 is 0 Å². The van der Waals surface area contributed by atoms with Gasteiger partial charge < -0.3 is 15.7 Å². The van der Waals surface area contributed by atoms with Crippen LogP contribution in [0.2, 0.25) is 0 Å². The smallest absolute Gasteiger partial charge is 0.228 e. The Kier molecular flexibility index (Phi) is 4.85. The summed E-state index contributed by atoms with van der Waals surface area (Å²) in [5.74, 6) is 0.462. The summed E-state index contributed by atoms with van der Waals surface area (Å²) in [6.45, 7) is 5.92. The SMILES string of the molecule is CC(C)C1(C(=O)NC2CCCCCC2O)CCNC1. The Balaban J connectivity index is 2.02. The van der Waals surface area contributed by atoms with Crippen molar-refractivity contribution in [1.29, 1.82) is 0 Å². The number of hydrogen-bond donors (Lipinski definition) is 3. The van der Waals surface area contributed by atoms with Crippen molar-refractivity contribution in [2.24, 2.45) is 11.3 Å². The minimum atomic E-state index is -0.370. The van der Waals surface area contributed by atoms with Gasteiger partial charge in [-0.15, -0.1) is 0 Å². The van der Waals surface area contributed by atoms with E-state index in [0.29, 0.717) is 5.92 Å². The molecule has 2 aliphatic rings. The molecule has 1 amide bonds. The normalized spacial score (nSPS) is 36.2. The molecule has 3 unspecified atom stereocenters. The van der Waals surface area contributed by atoms with E-state index in [2.05, 4.69) is 24.5 Å². The monoisotopic (exact) mass is 268 g/mol. The van der Waals surface area contributed by atoms with Crippen molar-refractivity contribution in [3.8, 4) is 0 Å². The van der Waals surface area contributed by atoms with Crippen LogP contribution < -0.4 is 10.6 Å². The molecule has 1 aliphatic heterocycles. The average molecular weight is 268 g/mol. The van der Waals surface area contributed by atoms with Gasteiger partial charge in [0.05, 0.1) is 17.6 Å². The lowest BCUT2D eigenvalue weighted by Crippen LogP contribution is -2.52. The van der Waals surface area contributed by atoms with Crippen LogP contribution in [0.15, 0.2) is 0 Å². The highest BCUT2D eigenvalue weighted by atomic mass is 16.3. The number of carbonyl (C=O) groups excluding carboxylic acids is 1. The lowest BCUT2D eigenvalue weighted by molar-refractivity contribution is -0.134. The summed E-state index contributed by atoms with van der Waals surface area (Å²) in [5, 5.41) is 16.6. The van der Waals surface area contributed by atoms with Crippen molar-refractivity contribution < 1.29 is 9.90 Å². The lowest BCUT2D eigenvalue weighted by atomic mass is 9.75. The molecule has 1 heterocycles. The molecule has 1 aliphatic carbocycles. The molecule has 2 rings (SSSR count). The second-order valence-corrected chi connectivity index (χ2v) is 6.52. The molecule has 2 fully saturated rings. The van der Waals surface area contributed by atoms with Gasteiger partial charge in [-0.05, 0) is 31.7 Å². The maximum atomic E-state index is 12.7. The van der Waals surface area contributed by atoms with E-state index in [1.807, 2.05) is 0 Å². The van der Waals surface area contributed by atoms with Crippen LogP contribution in [0.4, 0.5) is 0 Å². The number of carbonyl (C=O) groups is 1. The first-order valence-electron chi connectivity index (χ1n) is 7.76. The Morgan fingerprint density at radius 2 is 2.05 bits per heavy atom. The summed E-state index contributed by atoms with van der Waals surface area (Å²) in [6, 6.07) is -0.0498. The van der Waals surface area contributed by atoms with Crippen molar-refractivity contribution >= 4 is 5.91 Å². The van der Waals surface area contributed by atoms with Crippen molar-refractivity contribution in [2.45, 2.75) is 64.5 Å². The zero-order chi connectivity index (χ0) is 13.9. The fourth-order valence-corrected chi connectivity index (χ4v) is 3.43. The van der Waals surface area contributed by atoms with Crippen LogP contribution in [0.1, 0.15) is 52.4 Å². The predicted molar refractivity (Wildman–Crippen MR) is 75.8 cm³/mol. The topological polar surface area (TPSA) is 61.4 Å². The molecule has 1 saturated heterocycles. The van der Waals surface area contributed by atoms with Gasteiger partial charge in [-0.2, -0.15) is 0 Å². The molecule has 3 N–H and O–H groups in total. The average Bonchev–Trinajstić information content (AvgIpc) is 2.79. The van der Waals surface area contributed by atoms with Crippen LogP contribution in [0.5, 0.6) is 0 Å². The van der Waals surface area contributed by atoms with E-state index in [1.54, 1.807) is 0 Å². The zero-order valence-corrected chi connectivity index (χ0v) is 12.2. The Bertz CT molecular complexity index is 311. The third-order valence-corrected chi connectivity index (χ3v) is 5.04. The molecule has 0 aromatic heterocycles. The largest absolute Gasteiger partial charge is 0.391 e. The number of nitrogens with one attached hydrogen (secondary N) is 2. The van der Waals surface area contributed by atoms with Gasteiger partial charge in [-0.25, -0.2) is 0 Å². The first-order valence-corrected chi connectivity index (χ1v) is 7.76. The molecular weight excluding hydrogens is 240 g/mol. The fraction of sp³-hybridized carbons (Fsp3) is 0.933. The number of rotatable bonds is 3. The number of amides is 1. The van der Waals surface area contributed by atoms with Crippen LogP contribution in [0.25, 0.3) is 0 Å². The molecule has 0 aromatic carbocycles. The molecular formula is C15H28N2O2. The molecule has 0 radical (unpaired) electrons. The molecule has 0 spiro atoms. The second kappa shape index (κ2) is 6.23. The maximum Gasteiger partial charge on any atom is 0.228 e. The van der Waals surface area contributed by atoms with Crippen LogP contribution in [-0.4, -0.2) is 36.2 Å². The van der Waals surface area contributed by atoms with E-state index in [0.717, 1.165) is 45.2 Å². The van der Waals surface area contributed by atoms with Crippen LogP contribution in [0, 0.1) is 11.3 Å². The molecule has 4 heteroatoms. The first kappa shape index (κ1) is 14.8. The summed E-state index contributed by atoms with van der Waals surface area (Å²) in [4.78, 5) is 12.7. The lowest BCUT2D eigenvalue weighted by Gasteiger charge is -2.34. The predicted octanol–water partition coefficient (Wildman–Crippen LogP) is 1.43. The van der Waals surface area contributed by atoms with E-state index in [-0.39, 0.29) is 23.5 Å². The van der Waals surface area contributed by atoms with Gasteiger partial charge in [-0.3, -0.25) is 4.79 Å². The van der Waals surface area contributed by atoms with Gasteiger partial charge in [0, 0.05) is 6.54 Å². The van der Waals surface area contributed by atoms with Gasteiger partial charge in [-0.1, -0.05) is 33.1 Å². The van der Waals surface area contributed by atoms with Crippen LogP contribution in [0.3, 0.4) is 0 Å². The van der Waals surface area contributed by atoms with E-state index < -0.39 is 0 Å². The quantitative estimate of drug-likeness (QED) is 0.679. The second-order valence-electron chi connectivity index (χ2n) is 6.52. The fourth-order valence-electron chi connectivity index (χ4n) is 3.43. The third kappa shape index (κ3) is 3.11. The Hall–Kier alpha value is -0.610. The number of aliphatic hydroxyl groups excluding tert-OH is 1.